The Bertz CT molecular complexity index is 700. The number of anilines is 2. The second-order valence-electron chi connectivity index (χ2n) is 5.13. The van der Waals surface area contributed by atoms with E-state index in [0.29, 0.717) is 5.69 Å². The van der Waals surface area contributed by atoms with Crippen molar-refractivity contribution in [1.82, 2.24) is 0 Å². The maximum Gasteiger partial charge on any atom is 0.269 e. The van der Waals surface area contributed by atoms with Gasteiger partial charge in [-0.15, -0.1) is 0 Å². The quantitative estimate of drug-likeness (QED) is 0.158. The molecule has 0 aromatic heterocycles. The number of nitro benzene ring substituents is 1. The largest absolute Gasteiger partial charge is 0.370 e. The Morgan fingerprint density at radius 2 is 1.64 bits per heavy atom. The molecule has 0 saturated heterocycles. The molecule has 0 spiro atoms. The van der Waals surface area contributed by atoms with Gasteiger partial charge in [-0.3, -0.25) is 15.5 Å². The van der Waals surface area contributed by atoms with E-state index < -0.39 is 4.92 Å². The zero-order chi connectivity index (χ0) is 18.1. The first-order chi connectivity index (χ1) is 12.1. The minimum absolute atomic E-state index is 0.0627. The smallest absolute Gasteiger partial charge is 0.269 e. The predicted molar refractivity (Wildman–Crippen MR) is 121 cm³/mol. The van der Waals surface area contributed by atoms with Crippen molar-refractivity contribution < 1.29 is 4.92 Å². The Morgan fingerprint density at radius 1 is 1.04 bits per heavy atom. The summed E-state index contributed by atoms with van der Waals surface area (Å²) in [6, 6.07) is 14.4. The molecule has 0 fully saturated rings. The molecule has 0 amide bonds. The highest BCUT2D eigenvalue weighted by Crippen LogP contribution is 2.17. The molecule has 2 aromatic carbocycles. The number of nitrogens with one attached hydrogen (secondary N) is 1. The molecule has 0 radical (unpaired) electrons. The highest BCUT2D eigenvalue weighted by molar-refractivity contribution is 14.1. The molecule has 1 N–H and O–H groups in total. The molecule has 25 heavy (non-hydrogen) atoms. The monoisotopic (exact) mass is 564 g/mol. The SMILES string of the molecule is O=[N+]([O-])c1ccc(N/N=C\c2ccc(N(CCI)CCI)cc2)cc1. The van der Waals surface area contributed by atoms with Crippen LogP contribution in [-0.4, -0.2) is 33.1 Å². The third-order valence-corrected chi connectivity index (χ3v) is 4.42. The highest BCUT2D eigenvalue weighted by Gasteiger charge is 2.05. The van der Waals surface area contributed by atoms with Gasteiger partial charge in [0.25, 0.3) is 5.69 Å². The standard InChI is InChI=1S/C17H18I2N4O2/c18-9-11-22(12-10-19)16-5-1-14(2-6-16)13-20-21-15-3-7-17(8-4-15)23(24)25/h1-8,13,21H,9-12H2/b20-13-. The highest BCUT2D eigenvalue weighted by atomic mass is 127. The zero-order valence-corrected chi connectivity index (χ0v) is 17.8. The van der Waals surface area contributed by atoms with Crippen molar-refractivity contribution in [3.8, 4) is 0 Å². The first-order valence-corrected chi connectivity index (χ1v) is 10.7. The van der Waals surface area contributed by atoms with Crippen molar-refractivity contribution in [1.29, 1.82) is 0 Å². The van der Waals surface area contributed by atoms with Crippen LogP contribution in [0.15, 0.2) is 53.6 Å². The van der Waals surface area contributed by atoms with E-state index in [2.05, 4.69) is 72.7 Å². The van der Waals surface area contributed by atoms with Crippen molar-refractivity contribution >= 4 is 68.5 Å². The number of rotatable bonds is 9. The summed E-state index contributed by atoms with van der Waals surface area (Å²) in [4.78, 5) is 12.6. The summed E-state index contributed by atoms with van der Waals surface area (Å²) in [6.45, 7) is 2.08. The van der Waals surface area contributed by atoms with Crippen molar-refractivity contribution in [3.05, 3.63) is 64.2 Å². The van der Waals surface area contributed by atoms with Crippen LogP contribution in [0.5, 0.6) is 0 Å². The zero-order valence-electron chi connectivity index (χ0n) is 13.4. The van der Waals surface area contributed by atoms with E-state index >= 15 is 0 Å². The van der Waals surface area contributed by atoms with Crippen LogP contribution in [0.25, 0.3) is 0 Å². The molecule has 0 saturated carbocycles. The Morgan fingerprint density at radius 3 is 2.16 bits per heavy atom. The summed E-state index contributed by atoms with van der Waals surface area (Å²) in [5, 5.41) is 14.8. The van der Waals surface area contributed by atoms with Gasteiger partial charge in [-0.1, -0.05) is 57.3 Å². The fourth-order valence-electron chi connectivity index (χ4n) is 2.18. The molecule has 0 aliphatic carbocycles. The number of nitrogens with zero attached hydrogens (tertiary/aromatic N) is 3. The molecule has 8 heteroatoms. The van der Waals surface area contributed by atoms with Crippen LogP contribution in [0.3, 0.4) is 0 Å². The summed E-state index contributed by atoms with van der Waals surface area (Å²) in [7, 11) is 0. The van der Waals surface area contributed by atoms with Gasteiger partial charge >= 0.3 is 0 Å². The maximum absolute atomic E-state index is 10.6. The Labute approximate surface area is 174 Å². The van der Waals surface area contributed by atoms with E-state index in [4.69, 9.17) is 0 Å². The van der Waals surface area contributed by atoms with Gasteiger partial charge < -0.3 is 4.90 Å². The predicted octanol–water partition coefficient (Wildman–Crippen LogP) is 4.72. The minimum atomic E-state index is -0.423. The van der Waals surface area contributed by atoms with Gasteiger partial charge in [-0.25, -0.2) is 0 Å². The fourth-order valence-corrected chi connectivity index (χ4v) is 3.35. The van der Waals surface area contributed by atoms with E-state index in [1.165, 1.54) is 17.8 Å². The van der Waals surface area contributed by atoms with Crippen molar-refractivity contribution in [2.24, 2.45) is 5.10 Å². The molecule has 0 atom stereocenters. The van der Waals surface area contributed by atoms with E-state index in [1.807, 2.05) is 12.1 Å². The number of alkyl halides is 2. The van der Waals surface area contributed by atoms with E-state index in [9.17, 15) is 10.1 Å². The van der Waals surface area contributed by atoms with E-state index in [1.54, 1.807) is 18.3 Å². The summed E-state index contributed by atoms with van der Waals surface area (Å²) >= 11 is 4.79. The molecule has 0 bridgehead atoms. The first kappa shape index (κ1) is 19.9. The van der Waals surface area contributed by atoms with Crippen molar-refractivity contribution in [2.45, 2.75) is 0 Å². The number of non-ortho nitro benzene ring substituents is 1. The molecule has 0 unspecified atom stereocenters. The van der Waals surface area contributed by atoms with Gasteiger partial charge in [-0.2, -0.15) is 5.10 Å². The van der Waals surface area contributed by atoms with Gasteiger partial charge in [-0.05, 0) is 29.8 Å². The van der Waals surface area contributed by atoms with Crippen LogP contribution >= 0.6 is 45.2 Å². The first-order valence-electron chi connectivity index (χ1n) is 7.64. The Kier molecular flexibility index (Phi) is 8.38. The second kappa shape index (κ2) is 10.5. The summed E-state index contributed by atoms with van der Waals surface area (Å²) in [6.07, 6.45) is 1.73. The van der Waals surface area contributed by atoms with Crippen molar-refractivity contribution in [3.63, 3.8) is 0 Å². The molecule has 2 rings (SSSR count). The lowest BCUT2D eigenvalue weighted by Crippen LogP contribution is -2.27. The fraction of sp³-hybridized carbons (Fsp3) is 0.235. The van der Waals surface area contributed by atoms with Crippen LogP contribution in [-0.2, 0) is 0 Å². The number of benzene rings is 2. The van der Waals surface area contributed by atoms with Crippen molar-refractivity contribution in [2.75, 3.05) is 32.3 Å². The van der Waals surface area contributed by atoms with Crippen LogP contribution in [0.4, 0.5) is 17.1 Å². The lowest BCUT2D eigenvalue weighted by Gasteiger charge is -2.23. The molecule has 132 valence electrons. The lowest BCUT2D eigenvalue weighted by molar-refractivity contribution is -0.384. The number of hydrazone groups is 1. The average Bonchev–Trinajstić information content (AvgIpc) is 2.62. The molecule has 6 nitrogen and oxygen atoms in total. The van der Waals surface area contributed by atoms with Crippen LogP contribution in [0.1, 0.15) is 5.56 Å². The Balaban J connectivity index is 1.95. The van der Waals surface area contributed by atoms with Crippen LogP contribution < -0.4 is 10.3 Å². The summed E-state index contributed by atoms with van der Waals surface area (Å²) < 4.78 is 2.19. The normalized spacial score (nSPS) is 10.8. The van der Waals surface area contributed by atoms with E-state index in [-0.39, 0.29) is 5.69 Å². The van der Waals surface area contributed by atoms with Crippen LogP contribution in [0, 0.1) is 10.1 Å². The lowest BCUT2D eigenvalue weighted by atomic mass is 10.2. The molecule has 0 aliphatic heterocycles. The molecule has 0 aliphatic rings. The molecule has 2 aromatic rings. The molecule has 0 heterocycles. The second-order valence-corrected chi connectivity index (χ2v) is 7.29. The number of hydrogen-bond acceptors (Lipinski definition) is 5. The van der Waals surface area contributed by atoms with Gasteiger partial charge in [0.2, 0.25) is 0 Å². The molecular formula is C17H18I2N4O2. The van der Waals surface area contributed by atoms with Gasteiger partial charge in [0.15, 0.2) is 0 Å². The van der Waals surface area contributed by atoms with E-state index in [0.717, 1.165) is 27.5 Å². The van der Waals surface area contributed by atoms with Gasteiger partial charge in [0, 0.05) is 39.8 Å². The molecular weight excluding hydrogens is 546 g/mol. The average molecular weight is 564 g/mol. The topological polar surface area (TPSA) is 70.8 Å². The number of hydrogen-bond donors (Lipinski definition) is 1. The maximum atomic E-state index is 10.6. The van der Waals surface area contributed by atoms with Gasteiger partial charge in [0.05, 0.1) is 16.8 Å². The third kappa shape index (κ3) is 6.42. The number of nitro groups is 1. The minimum Gasteiger partial charge on any atom is -0.370 e. The number of halogens is 2. The Hall–Kier alpha value is -1.43. The van der Waals surface area contributed by atoms with Crippen LogP contribution in [0.2, 0.25) is 0 Å². The third-order valence-electron chi connectivity index (χ3n) is 3.45. The summed E-state index contributed by atoms with van der Waals surface area (Å²) in [5.74, 6) is 0. The van der Waals surface area contributed by atoms with Gasteiger partial charge in [0.1, 0.15) is 0 Å². The summed E-state index contributed by atoms with van der Waals surface area (Å²) in [5.41, 5.74) is 5.84.